The summed E-state index contributed by atoms with van der Waals surface area (Å²) in [6.45, 7) is 4.88. The highest BCUT2D eigenvalue weighted by Crippen LogP contribution is 2.16. The minimum atomic E-state index is -0.372. The Bertz CT molecular complexity index is 683. The molecule has 0 aliphatic carbocycles. The summed E-state index contributed by atoms with van der Waals surface area (Å²) in [7, 11) is 0. The van der Waals surface area contributed by atoms with E-state index in [1.165, 1.54) is 0 Å². The van der Waals surface area contributed by atoms with Gasteiger partial charge in [0.05, 0.1) is 6.54 Å². The molecule has 3 rings (SSSR count). The number of aryl methyl sites for hydroxylation is 1. The molecule has 0 aromatic heterocycles. The van der Waals surface area contributed by atoms with E-state index in [2.05, 4.69) is 22.5 Å². The van der Waals surface area contributed by atoms with E-state index in [4.69, 9.17) is 0 Å². The van der Waals surface area contributed by atoms with E-state index in [0.717, 1.165) is 17.7 Å². The average molecular weight is 358 g/mol. The highest BCUT2D eigenvalue weighted by Gasteiger charge is 2.32. The van der Waals surface area contributed by atoms with Gasteiger partial charge in [-0.05, 0) is 24.5 Å². The third kappa shape index (κ3) is 4.40. The van der Waals surface area contributed by atoms with Crippen molar-refractivity contribution in [3.63, 3.8) is 0 Å². The Morgan fingerprint density at radius 1 is 1.19 bits per heavy atom. The second-order valence-electron chi connectivity index (χ2n) is 6.82. The first-order chi connectivity index (χ1) is 12.6. The number of piperazine rings is 1. The molecule has 1 aromatic carbocycles. The molecule has 1 atom stereocenters. The highest BCUT2D eigenvalue weighted by atomic mass is 16.2. The molecule has 2 heterocycles. The van der Waals surface area contributed by atoms with Crippen molar-refractivity contribution in [1.82, 2.24) is 15.1 Å². The van der Waals surface area contributed by atoms with Gasteiger partial charge in [-0.25, -0.2) is 0 Å². The SMILES string of the molecule is CCc1ccccc1NC(=O)CN1CCN(C(=O)[C@H]2CCC(=O)N2)CC1. The van der Waals surface area contributed by atoms with Gasteiger partial charge < -0.3 is 15.5 Å². The van der Waals surface area contributed by atoms with Crippen LogP contribution in [0.25, 0.3) is 0 Å². The van der Waals surface area contributed by atoms with Crippen LogP contribution in [0.5, 0.6) is 0 Å². The van der Waals surface area contributed by atoms with Crippen LogP contribution in [-0.2, 0) is 20.8 Å². The largest absolute Gasteiger partial charge is 0.344 e. The van der Waals surface area contributed by atoms with Crippen LogP contribution in [0.1, 0.15) is 25.3 Å². The maximum absolute atomic E-state index is 12.4. The maximum atomic E-state index is 12.4. The van der Waals surface area contributed by atoms with Crippen LogP contribution in [0.2, 0.25) is 0 Å². The molecule has 3 amide bonds. The minimum absolute atomic E-state index is 0.00294. The van der Waals surface area contributed by atoms with E-state index in [0.29, 0.717) is 45.6 Å². The van der Waals surface area contributed by atoms with E-state index in [9.17, 15) is 14.4 Å². The van der Waals surface area contributed by atoms with Crippen molar-refractivity contribution in [3.05, 3.63) is 29.8 Å². The second kappa shape index (κ2) is 8.31. The number of benzene rings is 1. The number of carbonyl (C=O) groups excluding carboxylic acids is 3. The van der Waals surface area contributed by atoms with Gasteiger partial charge in [0.25, 0.3) is 0 Å². The van der Waals surface area contributed by atoms with Crippen LogP contribution in [0.4, 0.5) is 5.69 Å². The van der Waals surface area contributed by atoms with Crippen molar-refractivity contribution in [1.29, 1.82) is 0 Å². The molecule has 2 aliphatic heterocycles. The molecule has 2 N–H and O–H groups in total. The Labute approximate surface area is 153 Å². The van der Waals surface area contributed by atoms with Gasteiger partial charge in [-0.3, -0.25) is 19.3 Å². The van der Waals surface area contributed by atoms with Gasteiger partial charge in [0, 0.05) is 38.3 Å². The molecule has 2 saturated heterocycles. The molecule has 7 heteroatoms. The number of rotatable bonds is 5. The van der Waals surface area contributed by atoms with E-state index >= 15 is 0 Å². The maximum Gasteiger partial charge on any atom is 0.245 e. The van der Waals surface area contributed by atoms with E-state index in [-0.39, 0.29) is 23.8 Å². The van der Waals surface area contributed by atoms with Crippen LogP contribution in [-0.4, -0.2) is 66.3 Å². The first-order valence-electron chi connectivity index (χ1n) is 9.25. The third-order valence-corrected chi connectivity index (χ3v) is 5.02. The fourth-order valence-electron chi connectivity index (χ4n) is 3.49. The predicted octanol–water partition coefficient (Wildman–Crippen LogP) is 0.610. The minimum Gasteiger partial charge on any atom is -0.344 e. The lowest BCUT2D eigenvalue weighted by Gasteiger charge is -2.35. The van der Waals surface area contributed by atoms with Gasteiger partial charge in [0.2, 0.25) is 17.7 Å². The summed E-state index contributed by atoms with van der Waals surface area (Å²) in [5.74, 6) is -0.0865. The molecule has 7 nitrogen and oxygen atoms in total. The zero-order chi connectivity index (χ0) is 18.5. The molecular formula is C19H26N4O3. The van der Waals surface area contributed by atoms with Crippen LogP contribution < -0.4 is 10.6 Å². The molecule has 2 fully saturated rings. The first kappa shape index (κ1) is 18.4. The number of anilines is 1. The molecule has 0 unspecified atom stereocenters. The lowest BCUT2D eigenvalue weighted by Crippen LogP contribution is -2.54. The van der Waals surface area contributed by atoms with Crippen LogP contribution in [0.15, 0.2) is 24.3 Å². The summed E-state index contributed by atoms with van der Waals surface area (Å²) in [5.41, 5.74) is 1.99. The zero-order valence-corrected chi connectivity index (χ0v) is 15.2. The standard InChI is InChI=1S/C19H26N4O3/c1-2-14-5-3-4-6-15(14)20-18(25)13-22-9-11-23(12-10-22)19(26)16-7-8-17(24)21-16/h3-6,16H,2,7-13H2,1H3,(H,20,25)(H,21,24)/t16-/m1/s1. The first-order valence-corrected chi connectivity index (χ1v) is 9.25. The van der Waals surface area contributed by atoms with Crippen molar-refractivity contribution in [2.45, 2.75) is 32.2 Å². The topological polar surface area (TPSA) is 81.8 Å². The van der Waals surface area contributed by atoms with Crippen LogP contribution in [0, 0.1) is 0 Å². The summed E-state index contributed by atoms with van der Waals surface area (Å²) < 4.78 is 0. The number of nitrogens with one attached hydrogen (secondary N) is 2. The van der Waals surface area contributed by atoms with E-state index < -0.39 is 0 Å². The summed E-state index contributed by atoms with van der Waals surface area (Å²) in [6, 6.07) is 7.45. The number of carbonyl (C=O) groups is 3. The zero-order valence-electron chi connectivity index (χ0n) is 15.2. The number of hydrogen-bond donors (Lipinski definition) is 2. The van der Waals surface area contributed by atoms with Gasteiger partial charge in [-0.1, -0.05) is 25.1 Å². The van der Waals surface area contributed by atoms with Crippen molar-refractivity contribution in [2.75, 3.05) is 38.0 Å². The summed E-state index contributed by atoms with van der Waals surface area (Å²) >= 11 is 0. The average Bonchev–Trinajstić information content (AvgIpc) is 3.08. The molecule has 0 spiro atoms. The Balaban J connectivity index is 1.45. The number of nitrogens with zero attached hydrogens (tertiary/aromatic N) is 2. The second-order valence-corrected chi connectivity index (χ2v) is 6.82. The molecule has 140 valence electrons. The van der Waals surface area contributed by atoms with Gasteiger partial charge in [-0.2, -0.15) is 0 Å². The molecule has 0 bridgehead atoms. The number of amides is 3. The van der Waals surface area contributed by atoms with Crippen LogP contribution >= 0.6 is 0 Å². The molecule has 2 aliphatic rings. The van der Waals surface area contributed by atoms with Gasteiger partial charge >= 0.3 is 0 Å². The summed E-state index contributed by atoms with van der Waals surface area (Å²) in [4.78, 5) is 39.8. The predicted molar refractivity (Wildman–Crippen MR) is 98.6 cm³/mol. The van der Waals surface area contributed by atoms with Crippen molar-refractivity contribution in [2.24, 2.45) is 0 Å². The number of hydrogen-bond acceptors (Lipinski definition) is 4. The third-order valence-electron chi connectivity index (χ3n) is 5.02. The fraction of sp³-hybridized carbons (Fsp3) is 0.526. The molecule has 1 aromatic rings. The van der Waals surface area contributed by atoms with Crippen molar-refractivity contribution >= 4 is 23.4 Å². The molecule has 0 radical (unpaired) electrons. The van der Waals surface area contributed by atoms with Crippen LogP contribution in [0.3, 0.4) is 0 Å². The molecule has 26 heavy (non-hydrogen) atoms. The smallest absolute Gasteiger partial charge is 0.245 e. The highest BCUT2D eigenvalue weighted by molar-refractivity contribution is 5.93. The Hall–Kier alpha value is -2.41. The van der Waals surface area contributed by atoms with E-state index in [1.807, 2.05) is 24.3 Å². The Kier molecular flexibility index (Phi) is 5.88. The van der Waals surface area contributed by atoms with Crippen molar-refractivity contribution < 1.29 is 14.4 Å². The van der Waals surface area contributed by atoms with Gasteiger partial charge in [0.1, 0.15) is 6.04 Å². The quantitative estimate of drug-likeness (QED) is 0.808. The Morgan fingerprint density at radius 2 is 1.92 bits per heavy atom. The number of para-hydroxylation sites is 1. The summed E-state index contributed by atoms with van der Waals surface area (Å²) in [6.07, 6.45) is 1.88. The molecule has 0 saturated carbocycles. The monoisotopic (exact) mass is 358 g/mol. The molecular weight excluding hydrogens is 332 g/mol. The lowest BCUT2D eigenvalue weighted by atomic mass is 10.1. The van der Waals surface area contributed by atoms with E-state index in [1.54, 1.807) is 4.90 Å². The lowest BCUT2D eigenvalue weighted by molar-refractivity contribution is -0.136. The fourth-order valence-corrected chi connectivity index (χ4v) is 3.49. The Morgan fingerprint density at radius 3 is 2.58 bits per heavy atom. The van der Waals surface area contributed by atoms with Crippen molar-refractivity contribution in [3.8, 4) is 0 Å². The van der Waals surface area contributed by atoms with Gasteiger partial charge in [-0.15, -0.1) is 0 Å². The summed E-state index contributed by atoms with van der Waals surface area (Å²) in [5, 5.41) is 5.71. The normalized spacial score (nSPS) is 20.7. The van der Waals surface area contributed by atoms with Gasteiger partial charge in [0.15, 0.2) is 0 Å².